The second-order valence-corrected chi connectivity index (χ2v) is 6.51. The molecule has 1 heterocycles. The monoisotopic (exact) mass is 381 g/mol. The van der Waals surface area contributed by atoms with Gasteiger partial charge in [-0.3, -0.25) is 4.90 Å². The summed E-state index contributed by atoms with van der Waals surface area (Å²) in [4.78, 5) is 21.5. The summed E-state index contributed by atoms with van der Waals surface area (Å²) in [5, 5.41) is 9.34. The molecule has 1 saturated carbocycles. The van der Waals surface area contributed by atoms with Crippen LogP contribution in [0.25, 0.3) is 0 Å². The molecule has 27 heavy (non-hydrogen) atoms. The number of nitrogens with two attached hydrogens (primary N) is 2. The van der Waals surface area contributed by atoms with Crippen LogP contribution in [0.15, 0.2) is 28.2 Å². The zero-order valence-corrected chi connectivity index (χ0v) is 14.6. The Hall–Kier alpha value is -2.91. The average molecular weight is 381 g/mol. The normalized spacial score (nSPS) is 19.0. The summed E-state index contributed by atoms with van der Waals surface area (Å²) >= 11 is 0. The van der Waals surface area contributed by atoms with Gasteiger partial charge >= 0.3 is 5.97 Å². The number of aromatic carboxylic acids is 1. The number of ether oxygens (including phenoxy) is 1. The van der Waals surface area contributed by atoms with Crippen LogP contribution in [-0.2, 0) is 0 Å². The van der Waals surface area contributed by atoms with Crippen molar-refractivity contribution in [2.24, 2.45) is 21.5 Å². The molecule has 0 radical (unpaired) electrons. The Morgan fingerprint density at radius 2 is 2.00 bits per heavy atom. The maximum absolute atomic E-state index is 12.7. The van der Waals surface area contributed by atoms with E-state index in [1.165, 1.54) is 18.2 Å². The number of halogens is 2. The quantitative estimate of drug-likeness (QED) is 0.717. The third kappa shape index (κ3) is 3.79. The van der Waals surface area contributed by atoms with E-state index >= 15 is 0 Å². The lowest BCUT2D eigenvalue weighted by Crippen LogP contribution is -2.58. The number of carboxylic acids is 1. The second kappa shape index (κ2) is 7.37. The lowest BCUT2D eigenvalue weighted by molar-refractivity contribution is 0.0695. The van der Waals surface area contributed by atoms with E-state index in [0.29, 0.717) is 12.8 Å². The smallest absolute Gasteiger partial charge is 0.335 e. The highest BCUT2D eigenvalue weighted by Gasteiger charge is 2.43. The van der Waals surface area contributed by atoms with Gasteiger partial charge in [-0.05, 0) is 43.9 Å². The Bertz CT molecular complexity index is 791. The van der Waals surface area contributed by atoms with Crippen LogP contribution in [0.2, 0.25) is 0 Å². The highest BCUT2D eigenvalue weighted by molar-refractivity contribution is 6.07. The molecule has 0 atom stereocenters. The number of hydrogen-bond donors (Lipinski definition) is 3. The fraction of sp³-hybridized carbons (Fsp3) is 0.471. The first-order chi connectivity index (χ1) is 12.8. The Labute approximate surface area is 154 Å². The van der Waals surface area contributed by atoms with Crippen molar-refractivity contribution in [1.29, 1.82) is 0 Å². The number of carbonyl (C=O) groups is 1. The van der Waals surface area contributed by atoms with E-state index in [4.69, 9.17) is 16.2 Å². The summed E-state index contributed by atoms with van der Waals surface area (Å²) in [6, 6.07) is 3.96. The molecule has 1 fully saturated rings. The molecule has 1 aliphatic carbocycles. The highest BCUT2D eigenvalue weighted by atomic mass is 19.3. The number of guanidine groups is 2. The lowest BCUT2D eigenvalue weighted by atomic mass is 9.87. The van der Waals surface area contributed by atoms with Crippen molar-refractivity contribution >= 4 is 23.6 Å². The van der Waals surface area contributed by atoms with Gasteiger partial charge in [-0.25, -0.2) is 18.6 Å². The summed E-state index contributed by atoms with van der Waals surface area (Å²) in [6.45, 7) is -0.831. The predicted octanol–water partition coefficient (Wildman–Crippen LogP) is 2.14. The van der Waals surface area contributed by atoms with Crippen LogP contribution in [0.1, 0.15) is 42.5 Å². The van der Waals surface area contributed by atoms with E-state index in [1.807, 2.05) is 0 Å². The van der Waals surface area contributed by atoms with E-state index in [9.17, 15) is 18.7 Å². The van der Waals surface area contributed by atoms with Gasteiger partial charge in [-0.2, -0.15) is 4.99 Å². The fourth-order valence-electron chi connectivity index (χ4n) is 3.57. The molecular weight excluding hydrogens is 360 g/mol. The molecule has 1 aliphatic heterocycles. The molecule has 1 aromatic rings. The van der Waals surface area contributed by atoms with Gasteiger partial charge in [0.2, 0.25) is 11.9 Å². The summed E-state index contributed by atoms with van der Waals surface area (Å²) < 4.78 is 30.5. The Balaban J connectivity index is 2.11. The summed E-state index contributed by atoms with van der Waals surface area (Å²) in [5.74, 6) is -1.02. The molecule has 8 nitrogen and oxygen atoms in total. The molecule has 1 spiro atoms. The number of anilines is 1. The number of aliphatic imine (C=N–C) groups is 2. The Morgan fingerprint density at radius 1 is 1.30 bits per heavy atom. The van der Waals surface area contributed by atoms with Crippen molar-refractivity contribution in [3.8, 4) is 5.75 Å². The predicted molar refractivity (Wildman–Crippen MR) is 96.4 cm³/mol. The molecule has 5 N–H and O–H groups in total. The molecule has 0 unspecified atom stereocenters. The zero-order chi connectivity index (χ0) is 19.6. The number of benzene rings is 1. The van der Waals surface area contributed by atoms with E-state index in [0.717, 1.165) is 19.3 Å². The van der Waals surface area contributed by atoms with Gasteiger partial charge in [0.15, 0.2) is 0 Å². The van der Waals surface area contributed by atoms with Crippen LogP contribution in [0.3, 0.4) is 0 Å². The van der Waals surface area contributed by atoms with Crippen LogP contribution in [-0.4, -0.2) is 41.7 Å². The van der Waals surface area contributed by atoms with E-state index < -0.39 is 24.7 Å². The molecule has 10 heteroatoms. The Kier molecular flexibility index (Phi) is 5.15. The summed E-state index contributed by atoms with van der Waals surface area (Å²) in [7, 11) is 0. The third-order valence-electron chi connectivity index (χ3n) is 4.66. The molecule has 146 valence electrons. The zero-order valence-electron chi connectivity index (χ0n) is 14.6. The van der Waals surface area contributed by atoms with Crippen LogP contribution in [0, 0.1) is 0 Å². The van der Waals surface area contributed by atoms with Gasteiger partial charge in [0.1, 0.15) is 18.0 Å². The first kappa shape index (κ1) is 18.9. The highest BCUT2D eigenvalue weighted by Crippen LogP contribution is 2.43. The standard InChI is InChI=1S/C17H21F2N5O3/c18-13(19)9-27-12-5-4-10(14(25)26)8-11(12)24-16(21)22-15(20)23-17(24)6-2-1-3-7-17/h4-5,8,13H,1-3,6-7,9H2,(H,25,26)(H4,20,21,22,23). The van der Waals surface area contributed by atoms with Crippen LogP contribution in [0.5, 0.6) is 5.75 Å². The first-order valence-corrected chi connectivity index (χ1v) is 8.60. The number of hydrogen-bond acceptors (Lipinski definition) is 7. The molecule has 2 aliphatic rings. The fourth-order valence-corrected chi connectivity index (χ4v) is 3.57. The van der Waals surface area contributed by atoms with E-state index in [1.54, 1.807) is 4.90 Å². The average Bonchev–Trinajstić information content (AvgIpc) is 2.60. The molecule has 3 rings (SSSR count). The minimum atomic E-state index is -2.68. The van der Waals surface area contributed by atoms with Crippen molar-refractivity contribution < 1.29 is 23.4 Å². The van der Waals surface area contributed by atoms with Gasteiger partial charge in [-0.15, -0.1) is 0 Å². The van der Waals surface area contributed by atoms with E-state index in [-0.39, 0.29) is 28.9 Å². The van der Waals surface area contributed by atoms with E-state index in [2.05, 4.69) is 9.98 Å². The molecular formula is C17H21F2N5O3. The van der Waals surface area contributed by atoms with Crippen LogP contribution < -0.4 is 21.1 Å². The molecule has 0 bridgehead atoms. The van der Waals surface area contributed by atoms with Gasteiger partial charge < -0.3 is 21.3 Å². The Morgan fingerprint density at radius 3 is 2.63 bits per heavy atom. The first-order valence-electron chi connectivity index (χ1n) is 8.60. The topological polar surface area (TPSA) is 127 Å². The minimum absolute atomic E-state index is 0.0221. The number of carboxylic acid groups (broad SMARTS) is 1. The molecule has 0 amide bonds. The van der Waals surface area contributed by atoms with Gasteiger partial charge in [-0.1, -0.05) is 6.42 Å². The summed E-state index contributed by atoms with van der Waals surface area (Å²) in [5.41, 5.74) is 11.3. The second-order valence-electron chi connectivity index (χ2n) is 6.51. The number of rotatable bonds is 5. The van der Waals surface area contributed by atoms with Crippen molar-refractivity contribution in [1.82, 2.24) is 0 Å². The maximum atomic E-state index is 12.7. The van der Waals surface area contributed by atoms with Crippen LogP contribution in [0.4, 0.5) is 14.5 Å². The van der Waals surface area contributed by atoms with Crippen molar-refractivity contribution in [3.05, 3.63) is 23.8 Å². The molecule has 1 aromatic carbocycles. The van der Waals surface area contributed by atoms with Crippen molar-refractivity contribution in [3.63, 3.8) is 0 Å². The molecule has 0 saturated heterocycles. The van der Waals surface area contributed by atoms with Crippen molar-refractivity contribution in [2.75, 3.05) is 11.5 Å². The molecule has 0 aromatic heterocycles. The third-order valence-corrected chi connectivity index (χ3v) is 4.66. The lowest BCUT2D eigenvalue weighted by Gasteiger charge is -2.46. The SMILES string of the molecule is NC1=NC2(CCCCC2)N(c2cc(C(=O)O)ccc2OCC(F)F)C(N)=N1. The maximum Gasteiger partial charge on any atom is 0.335 e. The number of alkyl halides is 2. The number of nitrogens with zero attached hydrogens (tertiary/aromatic N) is 3. The van der Waals surface area contributed by atoms with Gasteiger partial charge in [0.25, 0.3) is 6.43 Å². The minimum Gasteiger partial charge on any atom is -0.485 e. The van der Waals surface area contributed by atoms with Crippen LogP contribution >= 0.6 is 0 Å². The van der Waals surface area contributed by atoms with Gasteiger partial charge in [0, 0.05) is 0 Å². The summed E-state index contributed by atoms with van der Waals surface area (Å²) in [6.07, 6.45) is 1.32. The van der Waals surface area contributed by atoms with Gasteiger partial charge in [0.05, 0.1) is 11.3 Å². The largest absolute Gasteiger partial charge is 0.485 e. The van der Waals surface area contributed by atoms with Crippen molar-refractivity contribution in [2.45, 2.75) is 44.2 Å².